The van der Waals surface area contributed by atoms with E-state index >= 15 is 0 Å². The lowest BCUT2D eigenvalue weighted by Crippen LogP contribution is -2.33. The minimum absolute atomic E-state index is 0.0408. The van der Waals surface area contributed by atoms with Crippen molar-refractivity contribution in [1.82, 2.24) is 4.90 Å². The monoisotopic (exact) mass is 424 g/mol. The van der Waals surface area contributed by atoms with Crippen molar-refractivity contribution in [2.24, 2.45) is 4.99 Å². The summed E-state index contributed by atoms with van der Waals surface area (Å²) in [6.07, 6.45) is 1.58. The molecule has 0 aliphatic carbocycles. The van der Waals surface area contributed by atoms with Gasteiger partial charge < -0.3 is 5.32 Å². The van der Waals surface area contributed by atoms with Crippen LogP contribution in [0.25, 0.3) is 0 Å². The van der Waals surface area contributed by atoms with Gasteiger partial charge in [-0.2, -0.15) is 0 Å². The first-order valence-electron chi connectivity index (χ1n) is 9.16. The van der Waals surface area contributed by atoms with Crippen LogP contribution < -0.4 is 5.32 Å². The third kappa shape index (κ3) is 4.93. The highest BCUT2D eigenvalue weighted by molar-refractivity contribution is 8.15. The van der Waals surface area contributed by atoms with Crippen LogP contribution in [0.3, 0.4) is 0 Å². The predicted octanol–water partition coefficient (Wildman–Crippen LogP) is 4.05. The van der Waals surface area contributed by atoms with Gasteiger partial charge in [-0.05, 0) is 30.7 Å². The lowest BCUT2D eigenvalue weighted by atomic mass is 10.2. The average Bonchev–Trinajstić information content (AvgIpc) is 2.99. The number of hydrogen-bond donors (Lipinski definition) is 1. The highest BCUT2D eigenvalue weighted by Crippen LogP contribution is 2.32. The van der Waals surface area contributed by atoms with E-state index in [0.29, 0.717) is 17.4 Å². The first-order chi connectivity index (χ1) is 14.4. The van der Waals surface area contributed by atoms with Crippen LogP contribution in [0.15, 0.2) is 66.2 Å². The topological polar surface area (TPSA) is 105 Å². The standard InChI is InChI=1S/C21H20N4O4S/c1-3-12-24-20(27)18(30-21(24)23-17-7-5-4-6-14(17)2)13-19(26)22-15-8-10-16(11-9-15)25(28)29/h3-11,18H,1,12-13H2,2H3,(H,22,26)/t18-/m0/s1. The summed E-state index contributed by atoms with van der Waals surface area (Å²) in [6.45, 7) is 5.93. The number of rotatable bonds is 7. The number of aliphatic imine (C=N–C) groups is 1. The molecule has 2 aromatic carbocycles. The maximum atomic E-state index is 12.8. The number of anilines is 1. The molecule has 154 valence electrons. The summed E-state index contributed by atoms with van der Waals surface area (Å²) in [6, 6.07) is 13.1. The Morgan fingerprint density at radius 2 is 2.00 bits per heavy atom. The highest BCUT2D eigenvalue weighted by Gasteiger charge is 2.38. The Morgan fingerprint density at radius 3 is 2.63 bits per heavy atom. The van der Waals surface area contributed by atoms with Crippen LogP contribution in [-0.4, -0.2) is 38.6 Å². The number of nitrogens with one attached hydrogen (secondary N) is 1. The van der Waals surface area contributed by atoms with E-state index in [0.717, 1.165) is 11.3 Å². The van der Waals surface area contributed by atoms with Crippen LogP contribution in [0.1, 0.15) is 12.0 Å². The first kappa shape index (κ1) is 21.3. The summed E-state index contributed by atoms with van der Waals surface area (Å²) in [7, 11) is 0. The zero-order valence-corrected chi connectivity index (χ0v) is 17.1. The quantitative estimate of drug-likeness (QED) is 0.410. The van der Waals surface area contributed by atoms with Crippen molar-refractivity contribution in [3.8, 4) is 0 Å². The molecule has 30 heavy (non-hydrogen) atoms. The lowest BCUT2D eigenvalue weighted by molar-refractivity contribution is -0.384. The fourth-order valence-electron chi connectivity index (χ4n) is 2.86. The number of nitro benzene ring substituents is 1. The third-order valence-corrected chi connectivity index (χ3v) is 5.57. The molecule has 2 aromatic rings. The van der Waals surface area contributed by atoms with Crippen LogP contribution in [-0.2, 0) is 9.59 Å². The van der Waals surface area contributed by atoms with E-state index in [1.807, 2.05) is 31.2 Å². The average molecular weight is 424 g/mol. The van der Waals surface area contributed by atoms with Gasteiger partial charge in [-0.1, -0.05) is 36.0 Å². The molecule has 1 N–H and O–H groups in total. The fraction of sp³-hybridized carbons (Fsp3) is 0.190. The predicted molar refractivity (Wildman–Crippen MR) is 118 cm³/mol. The summed E-state index contributed by atoms with van der Waals surface area (Å²) in [5.74, 6) is -0.559. The Labute approximate surface area is 177 Å². The second-order valence-electron chi connectivity index (χ2n) is 6.58. The van der Waals surface area contributed by atoms with Crippen molar-refractivity contribution in [2.75, 3.05) is 11.9 Å². The van der Waals surface area contributed by atoms with Crippen molar-refractivity contribution in [3.05, 3.63) is 76.9 Å². The number of hydrogen-bond acceptors (Lipinski definition) is 6. The van der Waals surface area contributed by atoms with Gasteiger partial charge in [0.1, 0.15) is 5.25 Å². The molecule has 0 unspecified atom stereocenters. The number of nitrogens with zero attached hydrogens (tertiary/aromatic N) is 3. The number of aryl methyl sites for hydroxylation is 1. The molecule has 0 aromatic heterocycles. The van der Waals surface area contributed by atoms with Gasteiger partial charge in [-0.3, -0.25) is 24.6 Å². The Hall–Kier alpha value is -3.46. The first-order valence-corrected chi connectivity index (χ1v) is 10.0. The molecular formula is C21H20N4O4S. The lowest BCUT2D eigenvalue weighted by Gasteiger charge is -2.14. The Morgan fingerprint density at radius 1 is 1.30 bits per heavy atom. The zero-order chi connectivity index (χ0) is 21.7. The Balaban J connectivity index is 1.72. The zero-order valence-electron chi connectivity index (χ0n) is 16.3. The molecule has 9 heteroatoms. The number of nitro groups is 1. The highest BCUT2D eigenvalue weighted by atomic mass is 32.2. The number of benzene rings is 2. The normalized spacial score (nSPS) is 17.2. The number of amidine groups is 1. The number of amides is 2. The van der Waals surface area contributed by atoms with E-state index < -0.39 is 10.2 Å². The molecular weight excluding hydrogens is 404 g/mol. The van der Waals surface area contributed by atoms with Crippen LogP contribution in [0, 0.1) is 17.0 Å². The van der Waals surface area contributed by atoms with Crippen LogP contribution in [0.4, 0.5) is 17.1 Å². The minimum atomic E-state index is -0.606. The molecule has 0 spiro atoms. The van der Waals surface area contributed by atoms with E-state index in [2.05, 4.69) is 16.9 Å². The summed E-state index contributed by atoms with van der Waals surface area (Å²) in [4.78, 5) is 41.6. The van der Waals surface area contributed by atoms with Crippen LogP contribution in [0.2, 0.25) is 0 Å². The minimum Gasteiger partial charge on any atom is -0.326 e. The van der Waals surface area contributed by atoms with Gasteiger partial charge in [-0.25, -0.2) is 4.99 Å². The second-order valence-corrected chi connectivity index (χ2v) is 7.75. The van der Waals surface area contributed by atoms with Gasteiger partial charge in [0.05, 0.1) is 10.6 Å². The number of para-hydroxylation sites is 1. The van der Waals surface area contributed by atoms with Crippen LogP contribution in [0.5, 0.6) is 0 Å². The van der Waals surface area contributed by atoms with Gasteiger partial charge in [-0.15, -0.1) is 6.58 Å². The Bertz CT molecular complexity index is 1020. The molecule has 3 rings (SSSR count). The van der Waals surface area contributed by atoms with Crippen molar-refractivity contribution >= 4 is 45.8 Å². The molecule has 1 aliphatic rings. The molecule has 0 bridgehead atoms. The number of carbonyl (C=O) groups is 2. The molecule has 0 saturated carbocycles. The molecule has 1 aliphatic heterocycles. The number of thioether (sulfide) groups is 1. The maximum Gasteiger partial charge on any atom is 0.269 e. The van der Waals surface area contributed by atoms with Gasteiger partial charge in [0, 0.05) is 30.8 Å². The summed E-state index contributed by atoms with van der Waals surface area (Å²) in [5.41, 5.74) is 2.11. The van der Waals surface area contributed by atoms with Crippen LogP contribution >= 0.6 is 11.8 Å². The molecule has 8 nitrogen and oxygen atoms in total. The van der Waals surface area contributed by atoms with Crippen molar-refractivity contribution < 1.29 is 14.5 Å². The fourth-order valence-corrected chi connectivity index (χ4v) is 4.02. The van der Waals surface area contributed by atoms with Gasteiger partial charge in [0.25, 0.3) is 5.69 Å². The smallest absolute Gasteiger partial charge is 0.269 e. The van der Waals surface area contributed by atoms with E-state index in [1.54, 1.807) is 6.08 Å². The summed E-state index contributed by atoms with van der Waals surface area (Å²) >= 11 is 1.24. The second kappa shape index (κ2) is 9.36. The number of non-ortho nitro benzene ring substituents is 1. The third-order valence-electron chi connectivity index (χ3n) is 4.40. The molecule has 0 radical (unpaired) electrons. The maximum absolute atomic E-state index is 12.8. The van der Waals surface area contributed by atoms with Gasteiger partial charge in [0.2, 0.25) is 11.8 Å². The molecule has 1 saturated heterocycles. The van der Waals surface area contributed by atoms with E-state index in [1.165, 1.54) is 40.9 Å². The molecule has 1 heterocycles. The summed E-state index contributed by atoms with van der Waals surface area (Å²) < 4.78 is 0. The van der Waals surface area contributed by atoms with Crippen molar-refractivity contribution in [2.45, 2.75) is 18.6 Å². The molecule has 1 atom stereocenters. The van der Waals surface area contributed by atoms with E-state index in [-0.39, 0.29) is 23.9 Å². The number of carbonyl (C=O) groups excluding carboxylic acids is 2. The van der Waals surface area contributed by atoms with E-state index in [4.69, 9.17) is 0 Å². The summed E-state index contributed by atoms with van der Waals surface area (Å²) in [5, 5.41) is 13.3. The molecule has 1 fully saturated rings. The SMILES string of the molecule is C=CCN1C(=O)[C@H](CC(=O)Nc2ccc([N+](=O)[O-])cc2)SC1=Nc1ccccc1C. The Kier molecular flexibility index (Phi) is 6.63. The van der Waals surface area contributed by atoms with Crippen molar-refractivity contribution in [3.63, 3.8) is 0 Å². The van der Waals surface area contributed by atoms with Gasteiger partial charge >= 0.3 is 0 Å². The van der Waals surface area contributed by atoms with E-state index in [9.17, 15) is 19.7 Å². The molecule has 2 amide bonds. The van der Waals surface area contributed by atoms with Gasteiger partial charge in [0.15, 0.2) is 5.17 Å². The van der Waals surface area contributed by atoms with Crippen molar-refractivity contribution in [1.29, 1.82) is 0 Å². The largest absolute Gasteiger partial charge is 0.326 e.